The molecule has 2 unspecified atom stereocenters. The van der Waals surface area contributed by atoms with E-state index < -0.39 is 25.3 Å². The molecule has 0 saturated carbocycles. The lowest BCUT2D eigenvalue weighted by molar-refractivity contribution is 0.0437. The number of benzene rings is 1. The number of hydrogen-bond donors (Lipinski definition) is 1. The highest BCUT2D eigenvalue weighted by atomic mass is 35.5. The summed E-state index contributed by atoms with van der Waals surface area (Å²) < 4.78 is 17.2. The topological polar surface area (TPSA) is 108 Å². The third-order valence-electron chi connectivity index (χ3n) is 9.36. The first-order valence-electron chi connectivity index (χ1n) is 16.5. The summed E-state index contributed by atoms with van der Waals surface area (Å²) in [7, 11) is 2.38. The first kappa shape index (κ1) is 33.5. The Balaban J connectivity index is 1.39. The number of aryl methyl sites for hydroxylation is 1. The number of carbonyl (C=O) groups excluding carboxylic acids is 1. The fraction of sp³-hybridized carbons (Fsp3) is 0.588. The van der Waals surface area contributed by atoms with Crippen molar-refractivity contribution in [1.29, 1.82) is 0 Å². The van der Waals surface area contributed by atoms with Gasteiger partial charge in [-0.2, -0.15) is 10.1 Å². The van der Waals surface area contributed by atoms with E-state index in [0.29, 0.717) is 28.6 Å². The van der Waals surface area contributed by atoms with Crippen LogP contribution in [-0.4, -0.2) is 67.9 Å². The summed E-state index contributed by atoms with van der Waals surface area (Å²) in [5.74, 6) is 0.635. The van der Waals surface area contributed by atoms with E-state index in [2.05, 4.69) is 41.9 Å². The minimum Gasteiger partial charge on any atom is -0.444 e. The van der Waals surface area contributed by atoms with E-state index >= 15 is 0 Å². The number of ether oxygens (including phenoxy) is 2. The van der Waals surface area contributed by atoms with Gasteiger partial charge in [-0.25, -0.2) is 4.79 Å². The molecule has 1 amide bonds. The van der Waals surface area contributed by atoms with Gasteiger partial charge >= 0.3 is 6.09 Å². The normalized spacial score (nSPS) is 21.6. The Bertz CT molecular complexity index is 1890. The van der Waals surface area contributed by atoms with Crippen molar-refractivity contribution in [1.82, 2.24) is 29.2 Å². The smallest absolute Gasteiger partial charge is 0.408 e. The van der Waals surface area contributed by atoms with E-state index in [1.807, 2.05) is 56.9 Å². The predicted octanol–water partition coefficient (Wildman–Crippen LogP) is 6.67. The minimum absolute atomic E-state index is 0.113. The zero-order valence-corrected chi connectivity index (χ0v) is 30.9. The highest BCUT2D eigenvalue weighted by molar-refractivity contribution is 6.76. The van der Waals surface area contributed by atoms with E-state index in [-0.39, 0.29) is 24.4 Å². The van der Waals surface area contributed by atoms with Crippen LogP contribution in [-0.2, 0) is 30.3 Å². The molecule has 47 heavy (non-hydrogen) atoms. The molecule has 2 saturated heterocycles. The predicted molar refractivity (Wildman–Crippen MR) is 190 cm³/mol. The zero-order chi connectivity index (χ0) is 34.1. The second-order valence-electron chi connectivity index (χ2n) is 15.9. The number of nitrogens with one attached hydrogen (secondary N) is 1. The lowest BCUT2D eigenvalue weighted by atomic mass is 9.84. The number of hydrogen-bond acceptors (Lipinski definition) is 7. The lowest BCUT2D eigenvalue weighted by Crippen LogP contribution is -2.59. The molecule has 1 N–H and O–H groups in total. The summed E-state index contributed by atoms with van der Waals surface area (Å²) in [5.41, 5.74) is 1.72. The molecule has 4 aromatic rings. The molecule has 0 spiro atoms. The van der Waals surface area contributed by atoms with Gasteiger partial charge in [0, 0.05) is 75.3 Å². The monoisotopic (exact) mass is 681 g/mol. The van der Waals surface area contributed by atoms with Crippen LogP contribution in [0.4, 0.5) is 10.7 Å². The fourth-order valence-corrected chi connectivity index (χ4v) is 8.30. The molecule has 2 aliphatic rings. The van der Waals surface area contributed by atoms with Crippen molar-refractivity contribution < 1.29 is 14.3 Å². The van der Waals surface area contributed by atoms with Crippen LogP contribution in [0.5, 0.6) is 0 Å². The van der Waals surface area contributed by atoms with Gasteiger partial charge in [-0.3, -0.25) is 14.0 Å². The largest absolute Gasteiger partial charge is 0.444 e. The molecule has 2 bridgehead atoms. The van der Waals surface area contributed by atoms with E-state index in [1.54, 1.807) is 16.3 Å². The van der Waals surface area contributed by atoms with Gasteiger partial charge < -0.3 is 24.3 Å². The lowest BCUT2D eigenvalue weighted by Gasteiger charge is -2.45. The third kappa shape index (κ3) is 6.69. The summed E-state index contributed by atoms with van der Waals surface area (Å²) in [6.07, 6.45) is 6.81. The van der Waals surface area contributed by atoms with Crippen LogP contribution >= 0.6 is 11.6 Å². The number of nitrogens with zero attached hydrogens (tertiary/aromatic N) is 6. The number of rotatable bonds is 8. The molecule has 11 nitrogen and oxygen atoms in total. The highest BCUT2D eigenvalue weighted by Gasteiger charge is 2.48. The minimum atomic E-state index is -1.29. The molecule has 1 aromatic carbocycles. The molecule has 254 valence electrons. The van der Waals surface area contributed by atoms with Crippen LogP contribution in [0.15, 0.2) is 29.3 Å². The average Bonchev–Trinajstić information content (AvgIpc) is 3.58. The number of alkyl carbamates (subject to hydrolysis) is 1. The van der Waals surface area contributed by atoms with Gasteiger partial charge in [-0.05, 0) is 65.5 Å². The van der Waals surface area contributed by atoms with Crippen molar-refractivity contribution in [3.05, 3.63) is 39.9 Å². The Labute approximate surface area is 282 Å². The molecule has 2 fully saturated rings. The Morgan fingerprint density at radius 3 is 2.43 bits per heavy atom. The van der Waals surface area contributed by atoms with E-state index in [0.717, 1.165) is 53.8 Å². The Kier molecular flexibility index (Phi) is 8.54. The summed E-state index contributed by atoms with van der Waals surface area (Å²) >= 11 is 7.00. The number of carbonyl (C=O) groups is 1. The second kappa shape index (κ2) is 12.0. The second-order valence-corrected chi connectivity index (χ2v) is 21.9. The van der Waals surface area contributed by atoms with Gasteiger partial charge in [-0.1, -0.05) is 37.3 Å². The fourth-order valence-electron chi connectivity index (χ4n) is 7.23. The van der Waals surface area contributed by atoms with Crippen molar-refractivity contribution in [3.63, 3.8) is 0 Å². The first-order valence-corrected chi connectivity index (χ1v) is 20.6. The zero-order valence-electron chi connectivity index (χ0n) is 29.1. The SMILES string of the molecule is Cn1cc2c(Cl)c(-c3cn(COCC[Si](C)(C)C)c4nc(N5C6CCC5CC(C)(NC(=O)OC(C)(C)C)C6)n(C)c(=O)c34)ccc2n1. The summed E-state index contributed by atoms with van der Waals surface area (Å²) in [4.78, 5) is 34.7. The van der Waals surface area contributed by atoms with Crippen LogP contribution < -0.4 is 15.8 Å². The van der Waals surface area contributed by atoms with Crippen LogP contribution in [0.2, 0.25) is 30.7 Å². The van der Waals surface area contributed by atoms with Crippen molar-refractivity contribution in [2.24, 2.45) is 14.1 Å². The quantitative estimate of drug-likeness (QED) is 0.164. The van der Waals surface area contributed by atoms with Crippen LogP contribution in [0.25, 0.3) is 33.1 Å². The summed E-state index contributed by atoms with van der Waals surface area (Å²) in [6.45, 7) is 15.6. The van der Waals surface area contributed by atoms with Gasteiger partial charge in [0.2, 0.25) is 5.95 Å². The van der Waals surface area contributed by atoms with Crippen molar-refractivity contribution >= 4 is 53.7 Å². The van der Waals surface area contributed by atoms with Gasteiger partial charge in [0.1, 0.15) is 12.3 Å². The molecule has 3 aromatic heterocycles. The standard InChI is InChI=1S/C34H48ClN7O4Si/c1-33(2,3)46-32(44)37-34(4)16-21-10-11-22(17-34)42(21)31-36-29-27(30(43)40(31)6)24(19-41(29)20-45-14-15-47(7,8)9)23-12-13-26-25(28(23)35)18-39(5)38-26/h12-13,18-19,21-22H,10-11,14-17,20H2,1-9H3,(H,37,44). The maximum absolute atomic E-state index is 14.4. The summed E-state index contributed by atoms with van der Waals surface area (Å²) in [5, 5.41) is 9.54. The van der Waals surface area contributed by atoms with Gasteiger partial charge in [-0.15, -0.1) is 0 Å². The molecule has 13 heteroatoms. The number of amides is 1. The number of fused-ring (bicyclic) bond motifs is 4. The van der Waals surface area contributed by atoms with Crippen molar-refractivity contribution in [2.45, 2.75) is 109 Å². The maximum Gasteiger partial charge on any atom is 0.408 e. The first-order chi connectivity index (χ1) is 21.9. The molecule has 5 heterocycles. The molecule has 0 radical (unpaired) electrons. The van der Waals surface area contributed by atoms with Gasteiger partial charge in [0.15, 0.2) is 5.65 Å². The Hall–Kier alpha value is -3.35. The van der Waals surface area contributed by atoms with Crippen LogP contribution in [0, 0.1) is 0 Å². The van der Waals surface area contributed by atoms with Gasteiger partial charge in [0.05, 0.1) is 15.9 Å². The Morgan fingerprint density at radius 2 is 1.79 bits per heavy atom. The Morgan fingerprint density at radius 1 is 1.11 bits per heavy atom. The maximum atomic E-state index is 14.4. The average molecular weight is 682 g/mol. The van der Waals surface area contributed by atoms with E-state index in [4.69, 9.17) is 26.1 Å². The number of aromatic nitrogens is 5. The van der Waals surface area contributed by atoms with Crippen molar-refractivity contribution in [3.8, 4) is 11.1 Å². The van der Waals surface area contributed by atoms with E-state index in [1.165, 1.54) is 0 Å². The highest BCUT2D eigenvalue weighted by Crippen LogP contribution is 2.44. The number of piperidine rings is 1. The summed E-state index contributed by atoms with van der Waals surface area (Å²) in [6, 6.07) is 5.13. The van der Waals surface area contributed by atoms with Gasteiger partial charge in [0.25, 0.3) is 5.56 Å². The van der Waals surface area contributed by atoms with E-state index in [9.17, 15) is 9.59 Å². The number of halogens is 1. The number of anilines is 1. The third-order valence-corrected chi connectivity index (χ3v) is 11.5. The molecule has 2 atom stereocenters. The molecule has 2 aliphatic heterocycles. The van der Waals surface area contributed by atoms with Crippen LogP contribution in [0.1, 0.15) is 53.4 Å². The molecular weight excluding hydrogens is 634 g/mol. The van der Waals surface area contributed by atoms with Crippen LogP contribution in [0.3, 0.4) is 0 Å². The molecule has 6 rings (SSSR count). The molecular formula is C34H48ClN7O4Si. The van der Waals surface area contributed by atoms with Crippen molar-refractivity contribution in [2.75, 3.05) is 11.5 Å². The molecule has 0 aliphatic carbocycles.